The fourth-order valence-corrected chi connectivity index (χ4v) is 2.91. The average molecular weight is 324 g/mol. The van der Waals surface area contributed by atoms with Gasteiger partial charge in [0.25, 0.3) is 5.91 Å². The van der Waals surface area contributed by atoms with Gasteiger partial charge in [0, 0.05) is 24.3 Å². The summed E-state index contributed by atoms with van der Waals surface area (Å²) < 4.78 is 5.23. The first-order valence-electron chi connectivity index (χ1n) is 7.95. The topological polar surface area (TPSA) is 58.6 Å². The Hall–Kier alpha value is -2.82. The molecular formula is C19H20N2O3. The molecule has 0 atom stereocenters. The van der Waals surface area contributed by atoms with Crippen molar-refractivity contribution in [1.29, 1.82) is 0 Å². The van der Waals surface area contributed by atoms with Gasteiger partial charge < -0.3 is 15.0 Å². The maximum Gasteiger partial charge on any atom is 0.259 e. The Labute approximate surface area is 141 Å². The summed E-state index contributed by atoms with van der Waals surface area (Å²) in [5, 5.41) is 2.88. The molecule has 1 aliphatic rings. The molecule has 2 aromatic carbocycles. The molecule has 2 amide bonds. The molecule has 0 bridgehead atoms. The van der Waals surface area contributed by atoms with Gasteiger partial charge in [-0.2, -0.15) is 0 Å². The highest BCUT2D eigenvalue weighted by Crippen LogP contribution is 2.28. The molecule has 0 radical (unpaired) electrons. The van der Waals surface area contributed by atoms with Crippen molar-refractivity contribution in [1.82, 2.24) is 0 Å². The average Bonchev–Trinajstić information content (AvgIpc) is 3.02. The summed E-state index contributed by atoms with van der Waals surface area (Å²) in [6, 6.07) is 12.7. The Morgan fingerprint density at radius 1 is 1.21 bits per heavy atom. The van der Waals surface area contributed by atoms with Crippen LogP contribution in [0.15, 0.2) is 42.5 Å². The van der Waals surface area contributed by atoms with Crippen LogP contribution in [0.25, 0.3) is 0 Å². The van der Waals surface area contributed by atoms with Gasteiger partial charge in [0.15, 0.2) is 0 Å². The van der Waals surface area contributed by atoms with E-state index in [0.29, 0.717) is 23.4 Å². The summed E-state index contributed by atoms with van der Waals surface area (Å²) in [6.45, 7) is 2.69. The number of carbonyl (C=O) groups is 2. The molecule has 0 unspecified atom stereocenters. The Morgan fingerprint density at radius 3 is 2.71 bits per heavy atom. The number of methoxy groups -OCH3 is 1. The third kappa shape index (κ3) is 3.11. The predicted octanol–water partition coefficient (Wildman–Crippen LogP) is 3.38. The molecule has 0 saturated carbocycles. The number of hydrogen-bond acceptors (Lipinski definition) is 3. The molecule has 24 heavy (non-hydrogen) atoms. The van der Waals surface area contributed by atoms with Crippen molar-refractivity contribution < 1.29 is 14.3 Å². The van der Waals surface area contributed by atoms with Gasteiger partial charge in [-0.15, -0.1) is 0 Å². The zero-order valence-electron chi connectivity index (χ0n) is 13.8. The van der Waals surface area contributed by atoms with Crippen molar-refractivity contribution in [2.75, 3.05) is 23.9 Å². The SMILES string of the molecule is COc1ccccc1C(=O)Nc1ccc(C)c(N2CCCC2=O)c1. The van der Waals surface area contributed by atoms with Gasteiger partial charge in [0.1, 0.15) is 5.75 Å². The van der Waals surface area contributed by atoms with Crippen LogP contribution in [0.4, 0.5) is 11.4 Å². The normalized spacial score (nSPS) is 13.9. The fraction of sp³-hybridized carbons (Fsp3) is 0.263. The van der Waals surface area contributed by atoms with E-state index in [-0.39, 0.29) is 11.8 Å². The highest BCUT2D eigenvalue weighted by molar-refractivity contribution is 6.06. The number of amides is 2. The molecule has 5 nitrogen and oxygen atoms in total. The summed E-state index contributed by atoms with van der Waals surface area (Å²) in [5.41, 5.74) is 3.00. The number of benzene rings is 2. The van der Waals surface area contributed by atoms with Crippen LogP contribution in [0.2, 0.25) is 0 Å². The number of para-hydroxylation sites is 1. The summed E-state index contributed by atoms with van der Waals surface area (Å²) in [4.78, 5) is 26.3. The van der Waals surface area contributed by atoms with E-state index in [1.165, 1.54) is 7.11 Å². The number of carbonyl (C=O) groups excluding carboxylic acids is 2. The van der Waals surface area contributed by atoms with Gasteiger partial charge in [0.05, 0.1) is 12.7 Å². The molecule has 1 fully saturated rings. The summed E-state index contributed by atoms with van der Waals surface area (Å²) in [5.74, 6) is 0.415. The van der Waals surface area contributed by atoms with Crippen molar-refractivity contribution in [2.45, 2.75) is 19.8 Å². The largest absolute Gasteiger partial charge is 0.496 e. The van der Waals surface area contributed by atoms with Crippen molar-refractivity contribution >= 4 is 23.2 Å². The number of ether oxygens (including phenoxy) is 1. The number of nitrogens with one attached hydrogen (secondary N) is 1. The number of nitrogens with zero attached hydrogens (tertiary/aromatic N) is 1. The molecule has 0 aromatic heterocycles. The molecule has 1 N–H and O–H groups in total. The third-order valence-electron chi connectivity index (χ3n) is 4.18. The fourth-order valence-electron chi connectivity index (χ4n) is 2.91. The van der Waals surface area contributed by atoms with Crippen LogP contribution in [0.1, 0.15) is 28.8 Å². The van der Waals surface area contributed by atoms with Crippen LogP contribution in [0.5, 0.6) is 5.75 Å². The first-order chi connectivity index (χ1) is 11.6. The van der Waals surface area contributed by atoms with E-state index < -0.39 is 0 Å². The quantitative estimate of drug-likeness (QED) is 0.938. The van der Waals surface area contributed by atoms with Crippen molar-refractivity contribution in [3.05, 3.63) is 53.6 Å². The number of rotatable bonds is 4. The minimum absolute atomic E-state index is 0.131. The second-order valence-electron chi connectivity index (χ2n) is 5.80. The maximum atomic E-state index is 12.5. The number of anilines is 2. The summed E-state index contributed by atoms with van der Waals surface area (Å²) >= 11 is 0. The third-order valence-corrected chi connectivity index (χ3v) is 4.18. The standard InChI is InChI=1S/C19H20N2O3/c1-13-9-10-14(12-16(13)21-11-5-8-18(21)22)20-19(23)15-6-3-4-7-17(15)24-2/h3-4,6-7,9-10,12H,5,8,11H2,1-2H3,(H,20,23). The van der Waals surface area contributed by atoms with Crippen molar-refractivity contribution in [3.63, 3.8) is 0 Å². The maximum absolute atomic E-state index is 12.5. The molecule has 5 heteroatoms. The van der Waals surface area contributed by atoms with Crippen LogP contribution in [0, 0.1) is 6.92 Å². The predicted molar refractivity (Wildman–Crippen MR) is 93.7 cm³/mol. The first kappa shape index (κ1) is 16.1. The molecule has 1 aliphatic heterocycles. The second-order valence-corrected chi connectivity index (χ2v) is 5.80. The lowest BCUT2D eigenvalue weighted by Crippen LogP contribution is -2.24. The van der Waals surface area contributed by atoms with Gasteiger partial charge in [-0.3, -0.25) is 9.59 Å². The second kappa shape index (κ2) is 6.74. The summed E-state index contributed by atoms with van der Waals surface area (Å²) in [7, 11) is 1.54. The van der Waals surface area contributed by atoms with E-state index >= 15 is 0 Å². The van der Waals surface area contributed by atoms with E-state index in [1.54, 1.807) is 23.1 Å². The molecule has 124 valence electrons. The summed E-state index contributed by atoms with van der Waals surface area (Å²) in [6.07, 6.45) is 1.45. The highest BCUT2D eigenvalue weighted by Gasteiger charge is 2.23. The molecule has 0 spiro atoms. The van der Waals surface area contributed by atoms with E-state index in [0.717, 1.165) is 24.2 Å². The first-order valence-corrected chi connectivity index (χ1v) is 7.95. The zero-order valence-corrected chi connectivity index (χ0v) is 13.8. The van der Waals surface area contributed by atoms with Gasteiger partial charge in [-0.25, -0.2) is 0 Å². The van der Waals surface area contributed by atoms with Gasteiger partial charge in [-0.05, 0) is 43.2 Å². The Bertz CT molecular complexity index is 786. The van der Waals surface area contributed by atoms with Crippen LogP contribution < -0.4 is 15.0 Å². The minimum atomic E-state index is -0.241. The molecule has 3 rings (SSSR count). The molecule has 2 aromatic rings. The Kier molecular flexibility index (Phi) is 4.51. The zero-order chi connectivity index (χ0) is 17.1. The Morgan fingerprint density at radius 2 is 2.00 bits per heavy atom. The minimum Gasteiger partial charge on any atom is -0.496 e. The van der Waals surface area contributed by atoms with Crippen LogP contribution in [0.3, 0.4) is 0 Å². The van der Waals surface area contributed by atoms with Gasteiger partial charge >= 0.3 is 0 Å². The monoisotopic (exact) mass is 324 g/mol. The van der Waals surface area contributed by atoms with Crippen LogP contribution in [-0.2, 0) is 4.79 Å². The van der Waals surface area contributed by atoms with E-state index in [4.69, 9.17) is 4.74 Å². The molecular weight excluding hydrogens is 304 g/mol. The van der Waals surface area contributed by atoms with Crippen molar-refractivity contribution in [3.8, 4) is 5.75 Å². The van der Waals surface area contributed by atoms with Crippen LogP contribution >= 0.6 is 0 Å². The lowest BCUT2D eigenvalue weighted by atomic mass is 10.1. The molecule has 1 heterocycles. The van der Waals surface area contributed by atoms with E-state index in [9.17, 15) is 9.59 Å². The van der Waals surface area contributed by atoms with Crippen molar-refractivity contribution in [2.24, 2.45) is 0 Å². The van der Waals surface area contributed by atoms with Gasteiger partial charge in [0.2, 0.25) is 5.91 Å². The lowest BCUT2D eigenvalue weighted by molar-refractivity contribution is -0.117. The number of aryl methyl sites for hydroxylation is 1. The highest BCUT2D eigenvalue weighted by atomic mass is 16.5. The lowest BCUT2D eigenvalue weighted by Gasteiger charge is -2.19. The molecule has 1 saturated heterocycles. The van der Waals surface area contributed by atoms with E-state index in [1.807, 2.05) is 31.2 Å². The smallest absolute Gasteiger partial charge is 0.259 e. The Balaban J connectivity index is 1.85. The van der Waals surface area contributed by atoms with Crippen LogP contribution in [-0.4, -0.2) is 25.5 Å². The number of hydrogen-bond donors (Lipinski definition) is 1. The van der Waals surface area contributed by atoms with Gasteiger partial charge in [-0.1, -0.05) is 18.2 Å². The van der Waals surface area contributed by atoms with E-state index in [2.05, 4.69) is 5.32 Å². The molecule has 0 aliphatic carbocycles.